The van der Waals surface area contributed by atoms with Gasteiger partial charge in [0.2, 0.25) is 0 Å². The summed E-state index contributed by atoms with van der Waals surface area (Å²) >= 11 is 1.96. The highest BCUT2D eigenvalue weighted by Crippen LogP contribution is 2.16. The van der Waals surface area contributed by atoms with E-state index in [-0.39, 0.29) is 0 Å². The second-order valence-corrected chi connectivity index (χ2v) is 5.03. The van der Waals surface area contributed by atoms with Gasteiger partial charge < -0.3 is 11.1 Å². The minimum Gasteiger partial charge on any atom is -0.394 e. The van der Waals surface area contributed by atoms with Crippen molar-refractivity contribution in [3.05, 3.63) is 6.20 Å². The Morgan fingerprint density at radius 1 is 1.67 bits per heavy atom. The van der Waals surface area contributed by atoms with Crippen LogP contribution in [0.4, 0.5) is 11.5 Å². The molecular formula is C10H20N4S. The van der Waals surface area contributed by atoms with Crippen LogP contribution in [0, 0.1) is 0 Å². The molecule has 0 spiro atoms. The van der Waals surface area contributed by atoms with E-state index in [4.69, 9.17) is 5.73 Å². The van der Waals surface area contributed by atoms with E-state index >= 15 is 0 Å². The second-order valence-electron chi connectivity index (χ2n) is 3.64. The second kappa shape index (κ2) is 5.90. The van der Waals surface area contributed by atoms with E-state index in [1.54, 1.807) is 4.68 Å². The van der Waals surface area contributed by atoms with Crippen LogP contribution in [0.5, 0.6) is 0 Å². The molecule has 86 valence electrons. The molecule has 1 atom stereocenters. The third-order valence-corrected chi connectivity index (χ3v) is 3.07. The molecule has 1 rings (SSSR count). The highest BCUT2D eigenvalue weighted by Gasteiger charge is 2.07. The fourth-order valence-electron chi connectivity index (χ4n) is 1.33. The molecule has 0 aliphatic rings. The number of nitrogens with two attached hydrogens (primary N) is 1. The van der Waals surface area contributed by atoms with Crippen LogP contribution >= 0.6 is 11.8 Å². The molecule has 0 radical (unpaired) electrons. The van der Waals surface area contributed by atoms with Gasteiger partial charge >= 0.3 is 0 Å². The van der Waals surface area contributed by atoms with Crippen molar-refractivity contribution < 1.29 is 0 Å². The maximum atomic E-state index is 5.79. The summed E-state index contributed by atoms with van der Waals surface area (Å²) in [4.78, 5) is 0. The van der Waals surface area contributed by atoms with Crippen LogP contribution in [0.15, 0.2) is 6.20 Å². The van der Waals surface area contributed by atoms with Gasteiger partial charge in [0.1, 0.15) is 0 Å². The first-order valence-corrected chi connectivity index (χ1v) is 6.42. The first-order valence-electron chi connectivity index (χ1n) is 5.27. The van der Waals surface area contributed by atoms with E-state index < -0.39 is 0 Å². The van der Waals surface area contributed by atoms with Gasteiger partial charge in [0.05, 0.1) is 5.69 Å². The molecule has 0 saturated heterocycles. The maximum Gasteiger partial charge on any atom is 0.171 e. The zero-order valence-corrected chi connectivity index (χ0v) is 10.5. The molecule has 1 unspecified atom stereocenters. The minimum atomic E-state index is 0.418. The summed E-state index contributed by atoms with van der Waals surface area (Å²) < 4.78 is 1.73. The Morgan fingerprint density at radius 2 is 2.40 bits per heavy atom. The lowest BCUT2D eigenvalue weighted by molar-refractivity contribution is 0.737. The number of anilines is 2. The summed E-state index contributed by atoms with van der Waals surface area (Å²) in [5.74, 6) is 3.15. The van der Waals surface area contributed by atoms with Crippen molar-refractivity contribution in [1.29, 1.82) is 0 Å². The Hall–Kier alpha value is -0.840. The Morgan fingerprint density at radius 3 is 2.93 bits per heavy atom. The number of hydrogen-bond acceptors (Lipinski definition) is 4. The Balaban J connectivity index is 2.37. The molecule has 1 aromatic rings. The predicted molar refractivity (Wildman–Crippen MR) is 68.3 cm³/mol. The van der Waals surface area contributed by atoms with Crippen molar-refractivity contribution in [2.45, 2.75) is 26.3 Å². The third kappa shape index (κ3) is 4.03. The van der Waals surface area contributed by atoms with Gasteiger partial charge in [-0.3, -0.25) is 4.68 Å². The Bertz CT molecular complexity index is 298. The lowest BCUT2D eigenvalue weighted by Gasteiger charge is -2.12. The first kappa shape index (κ1) is 12.2. The average Bonchev–Trinajstić information content (AvgIpc) is 2.45. The lowest BCUT2D eigenvalue weighted by Crippen LogP contribution is -2.17. The summed E-state index contributed by atoms with van der Waals surface area (Å²) in [7, 11) is 1.87. The zero-order chi connectivity index (χ0) is 11.3. The van der Waals surface area contributed by atoms with Gasteiger partial charge in [-0.2, -0.15) is 16.9 Å². The molecule has 3 N–H and O–H groups in total. The van der Waals surface area contributed by atoms with E-state index in [0.29, 0.717) is 11.7 Å². The van der Waals surface area contributed by atoms with Crippen LogP contribution in [0.1, 0.15) is 20.3 Å². The molecule has 0 fully saturated rings. The monoisotopic (exact) mass is 228 g/mol. The Labute approximate surface area is 95.6 Å². The minimum absolute atomic E-state index is 0.418. The van der Waals surface area contributed by atoms with Gasteiger partial charge in [0, 0.05) is 19.3 Å². The predicted octanol–water partition coefficient (Wildman–Crippen LogP) is 1.95. The average molecular weight is 228 g/mol. The van der Waals surface area contributed by atoms with Gasteiger partial charge in [-0.15, -0.1) is 0 Å². The maximum absolute atomic E-state index is 5.79. The van der Waals surface area contributed by atoms with Crippen molar-refractivity contribution >= 4 is 23.3 Å². The number of nitrogens with zero attached hydrogens (tertiary/aromatic N) is 2. The molecule has 5 heteroatoms. The van der Waals surface area contributed by atoms with Crippen LogP contribution in [-0.2, 0) is 7.05 Å². The first-order chi connectivity index (χ1) is 7.13. The van der Waals surface area contributed by atoms with Gasteiger partial charge in [-0.25, -0.2) is 0 Å². The highest BCUT2D eigenvalue weighted by atomic mass is 32.2. The molecule has 0 aromatic carbocycles. The molecule has 15 heavy (non-hydrogen) atoms. The van der Waals surface area contributed by atoms with Crippen molar-refractivity contribution in [2.24, 2.45) is 7.05 Å². The number of aryl methyl sites for hydroxylation is 1. The number of nitrogen functional groups attached to an aromatic ring is 1. The smallest absolute Gasteiger partial charge is 0.171 e. The van der Waals surface area contributed by atoms with E-state index in [1.807, 2.05) is 25.0 Å². The summed E-state index contributed by atoms with van der Waals surface area (Å²) in [6.07, 6.45) is 2.95. The van der Waals surface area contributed by atoms with Crippen molar-refractivity contribution in [3.8, 4) is 0 Å². The van der Waals surface area contributed by atoms with Crippen molar-refractivity contribution in [2.75, 3.05) is 22.6 Å². The van der Waals surface area contributed by atoms with Crippen LogP contribution in [0.2, 0.25) is 0 Å². The summed E-state index contributed by atoms with van der Waals surface area (Å²) in [5, 5.41) is 7.57. The normalized spacial score (nSPS) is 12.7. The number of hydrogen-bond donors (Lipinski definition) is 2. The standard InChI is InChI=1S/C10H20N4S/c1-4-15-6-5-8(2)12-10-9(11)7-14(3)13-10/h7-8H,4-6,11H2,1-3H3,(H,12,13). The molecule has 0 amide bonds. The summed E-state index contributed by atoms with van der Waals surface area (Å²) in [5.41, 5.74) is 6.51. The molecule has 0 aliphatic carbocycles. The van der Waals surface area contributed by atoms with Crippen LogP contribution in [0.25, 0.3) is 0 Å². The lowest BCUT2D eigenvalue weighted by atomic mass is 10.2. The fraction of sp³-hybridized carbons (Fsp3) is 0.700. The van der Waals surface area contributed by atoms with Crippen molar-refractivity contribution in [3.63, 3.8) is 0 Å². The van der Waals surface area contributed by atoms with Crippen LogP contribution in [-0.4, -0.2) is 27.3 Å². The molecule has 0 aliphatic heterocycles. The molecule has 0 bridgehead atoms. The van der Waals surface area contributed by atoms with Gasteiger partial charge in [0.25, 0.3) is 0 Å². The van der Waals surface area contributed by atoms with Crippen LogP contribution in [0.3, 0.4) is 0 Å². The number of thioether (sulfide) groups is 1. The van der Waals surface area contributed by atoms with Gasteiger partial charge in [0.15, 0.2) is 5.82 Å². The molecule has 4 nitrogen and oxygen atoms in total. The van der Waals surface area contributed by atoms with E-state index in [1.165, 1.54) is 11.5 Å². The molecule has 0 saturated carbocycles. The molecule has 1 heterocycles. The fourth-order valence-corrected chi connectivity index (χ4v) is 2.14. The number of aromatic nitrogens is 2. The van der Waals surface area contributed by atoms with Crippen molar-refractivity contribution in [1.82, 2.24) is 9.78 Å². The van der Waals surface area contributed by atoms with E-state index in [2.05, 4.69) is 24.3 Å². The van der Waals surface area contributed by atoms with Gasteiger partial charge in [-0.05, 0) is 24.9 Å². The quantitative estimate of drug-likeness (QED) is 0.731. The zero-order valence-electron chi connectivity index (χ0n) is 9.66. The third-order valence-electron chi connectivity index (χ3n) is 2.14. The Kier molecular flexibility index (Phi) is 4.81. The largest absolute Gasteiger partial charge is 0.394 e. The molecule has 1 aromatic heterocycles. The highest BCUT2D eigenvalue weighted by molar-refractivity contribution is 7.99. The summed E-state index contributed by atoms with van der Waals surface area (Å²) in [6, 6.07) is 0.418. The van der Waals surface area contributed by atoms with Crippen LogP contribution < -0.4 is 11.1 Å². The van der Waals surface area contributed by atoms with E-state index in [9.17, 15) is 0 Å². The SMILES string of the molecule is CCSCCC(C)Nc1nn(C)cc1N. The van der Waals surface area contributed by atoms with E-state index in [0.717, 1.165) is 12.2 Å². The number of nitrogens with one attached hydrogen (secondary N) is 1. The topological polar surface area (TPSA) is 55.9 Å². The van der Waals surface area contributed by atoms with Gasteiger partial charge in [-0.1, -0.05) is 6.92 Å². The molecular weight excluding hydrogens is 208 g/mol. The summed E-state index contributed by atoms with van der Waals surface area (Å²) in [6.45, 7) is 4.34. The number of rotatable bonds is 6.